The number of sulfone groups is 1. The molecule has 0 radical (unpaired) electrons. The molecule has 2 aliphatic rings. The number of benzene rings is 1. The maximum atomic E-state index is 13.1. The zero-order valence-electron chi connectivity index (χ0n) is 15.0. The first-order chi connectivity index (χ1) is 12.8. The summed E-state index contributed by atoms with van der Waals surface area (Å²) in [5.41, 5.74) is 0. The van der Waals surface area contributed by atoms with Crippen molar-refractivity contribution < 1.29 is 16.8 Å². The summed E-state index contributed by atoms with van der Waals surface area (Å²) in [6, 6.07) is 6.27. The molecule has 8 nitrogen and oxygen atoms in total. The van der Waals surface area contributed by atoms with Crippen molar-refractivity contribution >= 4 is 19.9 Å². The van der Waals surface area contributed by atoms with E-state index in [9.17, 15) is 16.8 Å². The number of sulfonamides is 1. The van der Waals surface area contributed by atoms with Gasteiger partial charge >= 0.3 is 0 Å². The zero-order valence-corrected chi connectivity index (χ0v) is 16.7. The molecule has 4 rings (SSSR count). The molecule has 0 N–H and O–H groups in total. The highest BCUT2D eigenvalue weighted by Crippen LogP contribution is 2.39. The highest BCUT2D eigenvalue weighted by Gasteiger charge is 2.35. The van der Waals surface area contributed by atoms with E-state index in [0.717, 1.165) is 24.9 Å². The van der Waals surface area contributed by atoms with Gasteiger partial charge in [0.15, 0.2) is 9.84 Å². The van der Waals surface area contributed by atoms with Gasteiger partial charge in [-0.1, -0.05) is 12.1 Å². The van der Waals surface area contributed by atoms with Crippen LogP contribution in [0.25, 0.3) is 0 Å². The third-order valence-electron chi connectivity index (χ3n) is 5.23. The first kappa shape index (κ1) is 18.6. The number of nitrogens with zero attached hydrogens (tertiary/aromatic N) is 4. The zero-order chi connectivity index (χ0) is 19.2. The molecule has 0 atom stereocenters. The van der Waals surface area contributed by atoms with Crippen LogP contribution in [0.2, 0.25) is 0 Å². The van der Waals surface area contributed by atoms with Gasteiger partial charge in [-0.05, 0) is 37.8 Å². The second-order valence-corrected chi connectivity index (χ2v) is 11.1. The fourth-order valence-corrected chi connectivity index (χ4v) is 6.71. The standard InChI is InChI=1S/C17H22N4O4S2/c1-26(22,23)15-4-2-3-5-16(15)27(24,25)20-10-8-13(9-11-20)17-19-18-12-21(17)14-6-7-14/h2-5,12-14H,6-11H2,1H3. The molecule has 1 aliphatic heterocycles. The van der Waals surface area contributed by atoms with Gasteiger partial charge in [-0.3, -0.25) is 0 Å². The number of rotatable bonds is 5. The molecule has 1 aromatic heterocycles. The van der Waals surface area contributed by atoms with Gasteiger partial charge in [-0.15, -0.1) is 10.2 Å². The first-order valence-electron chi connectivity index (χ1n) is 8.97. The van der Waals surface area contributed by atoms with Crippen molar-refractivity contribution in [2.24, 2.45) is 0 Å². The van der Waals surface area contributed by atoms with Crippen molar-refractivity contribution in [3.8, 4) is 0 Å². The van der Waals surface area contributed by atoms with Crippen LogP contribution in [0.5, 0.6) is 0 Å². The molecule has 146 valence electrons. The Morgan fingerprint density at radius 1 is 0.963 bits per heavy atom. The fourth-order valence-electron chi connectivity index (χ4n) is 3.64. The average Bonchev–Trinajstić information content (AvgIpc) is 3.38. The Labute approximate surface area is 159 Å². The van der Waals surface area contributed by atoms with Crippen molar-refractivity contribution in [2.75, 3.05) is 19.3 Å². The summed E-state index contributed by atoms with van der Waals surface area (Å²) >= 11 is 0. The monoisotopic (exact) mass is 410 g/mol. The first-order valence-corrected chi connectivity index (χ1v) is 12.3. The molecule has 0 unspecified atom stereocenters. The number of aromatic nitrogens is 3. The summed E-state index contributed by atoms with van der Waals surface area (Å²) in [6.07, 6.45) is 6.36. The molecular formula is C17H22N4O4S2. The summed E-state index contributed by atoms with van der Waals surface area (Å²) in [6.45, 7) is 0.672. The lowest BCUT2D eigenvalue weighted by molar-refractivity contribution is 0.308. The molecule has 27 heavy (non-hydrogen) atoms. The van der Waals surface area contributed by atoms with Gasteiger partial charge in [0.1, 0.15) is 17.0 Å². The van der Waals surface area contributed by atoms with Crippen molar-refractivity contribution in [2.45, 2.75) is 47.4 Å². The average molecular weight is 411 g/mol. The van der Waals surface area contributed by atoms with E-state index in [4.69, 9.17) is 0 Å². The van der Waals surface area contributed by atoms with E-state index in [2.05, 4.69) is 14.8 Å². The van der Waals surface area contributed by atoms with E-state index >= 15 is 0 Å². The molecule has 1 saturated heterocycles. The second-order valence-electron chi connectivity index (χ2n) is 7.22. The maximum absolute atomic E-state index is 13.1. The smallest absolute Gasteiger partial charge is 0.244 e. The predicted molar refractivity (Wildman–Crippen MR) is 98.6 cm³/mol. The SMILES string of the molecule is CS(=O)(=O)c1ccccc1S(=O)(=O)N1CCC(c2nncn2C2CC2)CC1. The normalized spacial score (nSPS) is 20.0. The van der Waals surface area contributed by atoms with E-state index < -0.39 is 19.9 Å². The van der Waals surface area contributed by atoms with E-state index in [1.165, 1.54) is 22.5 Å². The third-order valence-corrected chi connectivity index (χ3v) is 8.47. The lowest BCUT2D eigenvalue weighted by Gasteiger charge is -2.31. The minimum Gasteiger partial charge on any atom is -0.314 e. The van der Waals surface area contributed by atoms with Crippen molar-refractivity contribution in [3.63, 3.8) is 0 Å². The Morgan fingerprint density at radius 3 is 2.19 bits per heavy atom. The van der Waals surface area contributed by atoms with E-state index in [1.807, 2.05) is 0 Å². The molecule has 0 amide bonds. The van der Waals surface area contributed by atoms with Gasteiger partial charge in [-0.2, -0.15) is 4.31 Å². The van der Waals surface area contributed by atoms with Crippen LogP contribution in [0.15, 0.2) is 40.4 Å². The van der Waals surface area contributed by atoms with Gasteiger partial charge in [-0.25, -0.2) is 16.8 Å². The fraction of sp³-hybridized carbons (Fsp3) is 0.529. The van der Waals surface area contributed by atoms with Gasteiger partial charge in [0, 0.05) is 31.3 Å². The summed E-state index contributed by atoms with van der Waals surface area (Å²) in [7, 11) is -7.51. The maximum Gasteiger partial charge on any atom is 0.244 e. The van der Waals surface area contributed by atoms with E-state index in [1.54, 1.807) is 12.4 Å². The van der Waals surface area contributed by atoms with Crippen LogP contribution in [-0.2, 0) is 19.9 Å². The molecule has 1 saturated carbocycles. The minimum absolute atomic E-state index is 0.146. The Morgan fingerprint density at radius 2 is 1.59 bits per heavy atom. The summed E-state index contributed by atoms with van der Waals surface area (Å²) in [4.78, 5) is -0.298. The largest absolute Gasteiger partial charge is 0.314 e. The number of piperidine rings is 1. The third kappa shape index (κ3) is 3.53. The van der Waals surface area contributed by atoms with Gasteiger partial charge < -0.3 is 4.57 Å². The predicted octanol–water partition coefficient (Wildman–Crippen LogP) is 1.58. The summed E-state index contributed by atoms with van der Waals surface area (Å²) < 4.78 is 53.6. The Balaban J connectivity index is 1.55. The summed E-state index contributed by atoms with van der Waals surface area (Å²) in [5.74, 6) is 1.11. The van der Waals surface area contributed by atoms with Crippen molar-refractivity contribution in [1.29, 1.82) is 0 Å². The molecule has 2 aromatic rings. The molecule has 10 heteroatoms. The van der Waals surface area contributed by atoms with Gasteiger partial charge in [0.25, 0.3) is 0 Å². The molecule has 0 spiro atoms. The lowest BCUT2D eigenvalue weighted by atomic mass is 9.97. The molecule has 2 heterocycles. The summed E-state index contributed by atoms with van der Waals surface area (Å²) in [5, 5.41) is 8.29. The van der Waals surface area contributed by atoms with Crippen molar-refractivity contribution in [3.05, 3.63) is 36.4 Å². The van der Waals surface area contributed by atoms with Crippen LogP contribution in [0, 0.1) is 0 Å². The molecule has 2 fully saturated rings. The second kappa shape index (κ2) is 6.68. The van der Waals surface area contributed by atoms with Crippen molar-refractivity contribution in [1.82, 2.24) is 19.1 Å². The highest BCUT2D eigenvalue weighted by molar-refractivity contribution is 7.93. The van der Waals surface area contributed by atoms with Crippen LogP contribution in [0.3, 0.4) is 0 Å². The quantitative estimate of drug-likeness (QED) is 0.742. The molecular weight excluding hydrogens is 388 g/mol. The Kier molecular flexibility index (Phi) is 4.59. The van der Waals surface area contributed by atoms with Crippen LogP contribution in [0.4, 0.5) is 0 Å². The number of hydrogen-bond acceptors (Lipinski definition) is 6. The van der Waals surface area contributed by atoms with E-state index in [-0.39, 0.29) is 15.7 Å². The highest BCUT2D eigenvalue weighted by atomic mass is 32.2. The minimum atomic E-state index is -3.87. The Bertz CT molecular complexity index is 1050. The van der Waals surface area contributed by atoms with Crippen LogP contribution in [-0.4, -0.2) is 55.3 Å². The topological polar surface area (TPSA) is 102 Å². The molecule has 1 aromatic carbocycles. The van der Waals surface area contributed by atoms with E-state index in [0.29, 0.717) is 32.0 Å². The molecule has 1 aliphatic carbocycles. The molecule has 0 bridgehead atoms. The number of hydrogen-bond donors (Lipinski definition) is 0. The van der Waals surface area contributed by atoms with Gasteiger partial charge in [0.2, 0.25) is 10.0 Å². The van der Waals surface area contributed by atoms with Crippen LogP contribution < -0.4 is 0 Å². The lowest BCUT2D eigenvalue weighted by Crippen LogP contribution is -2.38. The van der Waals surface area contributed by atoms with Gasteiger partial charge in [0.05, 0.1) is 4.90 Å². The van der Waals surface area contributed by atoms with Crippen LogP contribution in [0.1, 0.15) is 43.5 Å². The Hall–Kier alpha value is -1.78. The van der Waals surface area contributed by atoms with Crippen LogP contribution >= 0.6 is 0 Å².